The summed E-state index contributed by atoms with van der Waals surface area (Å²) >= 11 is 0. The molecule has 4 aromatic rings. The lowest BCUT2D eigenvalue weighted by Gasteiger charge is -2.10. The summed E-state index contributed by atoms with van der Waals surface area (Å²) < 4.78 is 29.9. The van der Waals surface area contributed by atoms with E-state index in [0.29, 0.717) is 17.9 Å². The highest BCUT2D eigenvalue weighted by Gasteiger charge is 2.25. The maximum Gasteiger partial charge on any atom is 0.254 e. The maximum atomic E-state index is 13.2. The Morgan fingerprint density at radius 2 is 1.88 bits per heavy atom. The maximum absolute atomic E-state index is 13.2. The van der Waals surface area contributed by atoms with Gasteiger partial charge in [0.2, 0.25) is 15.6 Å². The molecule has 9 nitrogen and oxygen atoms in total. The summed E-state index contributed by atoms with van der Waals surface area (Å²) in [5.74, 6) is 1.09. The Labute approximate surface area is 185 Å². The van der Waals surface area contributed by atoms with Gasteiger partial charge in [-0.25, -0.2) is 23.4 Å². The fourth-order valence-corrected chi connectivity index (χ4v) is 5.32. The van der Waals surface area contributed by atoms with Gasteiger partial charge in [0.15, 0.2) is 5.03 Å². The van der Waals surface area contributed by atoms with Crippen molar-refractivity contribution in [3.05, 3.63) is 72.2 Å². The number of fused-ring (bicyclic) bond motifs is 2. The number of benzene rings is 1. The number of imidazole rings is 2. The van der Waals surface area contributed by atoms with Crippen LogP contribution in [-0.4, -0.2) is 38.2 Å². The molecular weight excluding hydrogens is 428 g/mol. The Morgan fingerprint density at radius 1 is 1.03 bits per heavy atom. The van der Waals surface area contributed by atoms with Crippen LogP contribution in [0, 0.1) is 0 Å². The first kappa shape index (κ1) is 20.4. The lowest BCUT2D eigenvalue weighted by Crippen LogP contribution is -2.23. The smallest absolute Gasteiger partial charge is 0.254 e. The zero-order valence-electron chi connectivity index (χ0n) is 17.3. The minimum Gasteiger partial charge on any atom is -0.348 e. The fourth-order valence-electron chi connectivity index (χ4n) is 3.90. The largest absolute Gasteiger partial charge is 0.348 e. The molecule has 0 radical (unpaired) electrons. The molecule has 0 aliphatic carbocycles. The van der Waals surface area contributed by atoms with Gasteiger partial charge in [0.05, 0.1) is 16.7 Å². The molecule has 0 atom stereocenters. The molecule has 0 saturated carbocycles. The monoisotopic (exact) mass is 450 g/mol. The number of hydrogen-bond donors (Lipinski definition) is 1. The van der Waals surface area contributed by atoms with Gasteiger partial charge in [-0.1, -0.05) is 18.6 Å². The summed E-state index contributed by atoms with van der Waals surface area (Å²) in [5, 5.41) is 3.08. The number of rotatable bonds is 5. The van der Waals surface area contributed by atoms with Crippen molar-refractivity contribution in [2.75, 3.05) is 0 Å². The third kappa shape index (κ3) is 3.77. The average Bonchev–Trinajstić information content (AvgIpc) is 3.38. The Bertz CT molecular complexity index is 1390. The van der Waals surface area contributed by atoms with Gasteiger partial charge >= 0.3 is 0 Å². The second-order valence-corrected chi connectivity index (χ2v) is 9.68. The normalized spacial score (nSPS) is 14.1. The molecule has 1 aromatic carbocycles. The molecule has 0 fully saturated rings. The van der Waals surface area contributed by atoms with E-state index in [9.17, 15) is 13.2 Å². The number of nitrogens with zero attached hydrogens (tertiary/aromatic N) is 5. The van der Waals surface area contributed by atoms with Crippen molar-refractivity contribution in [2.45, 2.75) is 48.7 Å². The predicted molar refractivity (Wildman–Crippen MR) is 116 cm³/mol. The molecule has 0 saturated heterocycles. The Hall–Kier alpha value is -3.53. The van der Waals surface area contributed by atoms with Gasteiger partial charge in [-0.05, 0) is 30.5 Å². The standard InChI is InChI=1S/C22H22N6O3S/c29-21(17-13-26-22-23-9-11-27(22)15-17)25-12-16-5-7-18(8-6-16)32(30,31)20-14-24-19-4-2-1-3-10-28(19)20/h5-9,11,13-15H,1-4,10,12H2,(H,25,29). The zero-order valence-corrected chi connectivity index (χ0v) is 18.1. The van der Waals surface area contributed by atoms with Crippen molar-refractivity contribution >= 4 is 21.5 Å². The lowest BCUT2D eigenvalue weighted by atomic mass is 10.2. The van der Waals surface area contributed by atoms with E-state index in [4.69, 9.17) is 0 Å². The molecule has 164 valence electrons. The van der Waals surface area contributed by atoms with E-state index >= 15 is 0 Å². The second-order valence-electron chi connectivity index (χ2n) is 7.78. The summed E-state index contributed by atoms with van der Waals surface area (Å²) in [6.07, 6.45) is 11.8. The first-order chi connectivity index (χ1) is 15.5. The summed E-state index contributed by atoms with van der Waals surface area (Å²) in [6.45, 7) is 0.941. The molecule has 10 heteroatoms. The third-order valence-electron chi connectivity index (χ3n) is 5.65. The molecule has 0 bridgehead atoms. The number of carbonyl (C=O) groups excluding carboxylic acids is 1. The highest BCUT2D eigenvalue weighted by molar-refractivity contribution is 7.91. The molecule has 1 N–H and O–H groups in total. The Balaban J connectivity index is 1.29. The molecule has 4 heterocycles. The van der Waals surface area contributed by atoms with Crippen LogP contribution in [-0.2, 0) is 29.3 Å². The van der Waals surface area contributed by atoms with Crippen LogP contribution in [0.5, 0.6) is 0 Å². The Kier molecular flexibility index (Phi) is 5.22. The van der Waals surface area contributed by atoms with Crippen molar-refractivity contribution < 1.29 is 13.2 Å². The van der Waals surface area contributed by atoms with Crippen LogP contribution < -0.4 is 5.32 Å². The topological polar surface area (TPSA) is 111 Å². The van der Waals surface area contributed by atoms with E-state index in [1.54, 1.807) is 47.3 Å². The number of nitrogens with one attached hydrogen (secondary N) is 1. The number of sulfone groups is 1. The van der Waals surface area contributed by atoms with Crippen LogP contribution in [0.4, 0.5) is 0 Å². The van der Waals surface area contributed by atoms with Crippen LogP contribution in [0.25, 0.3) is 5.78 Å². The second kappa shape index (κ2) is 8.19. The molecule has 32 heavy (non-hydrogen) atoms. The number of aryl methyl sites for hydroxylation is 1. The number of aromatic nitrogens is 5. The van der Waals surface area contributed by atoms with Crippen molar-refractivity contribution in [3.63, 3.8) is 0 Å². The van der Waals surface area contributed by atoms with Crippen molar-refractivity contribution in [1.82, 2.24) is 29.2 Å². The van der Waals surface area contributed by atoms with Gasteiger partial charge in [-0.15, -0.1) is 0 Å². The van der Waals surface area contributed by atoms with Gasteiger partial charge in [0.25, 0.3) is 5.91 Å². The highest BCUT2D eigenvalue weighted by Crippen LogP contribution is 2.25. The minimum atomic E-state index is -3.66. The molecule has 1 aliphatic rings. The molecule has 0 spiro atoms. The first-order valence-electron chi connectivity index (χ1n) is 10.5. The van der Waals surface area contributed by atoms with Crippen LogP contribution in [0.15, 0.2) is 65.2 Å². The molecule has 1 amide bonds. The lowest BCUT2D eigenvalue weighted by molar-refractivity contribution is 0.0950. The fraction of sp³-hybridized carbons (Fsp3) is 0.273. The average molecular weight is 451 g/mol. The van der Waals surface area contributed by atoms with Gasteiger partial charge in [0, 0.05) is 44.3 Å². The van der Waals surface area contributed by atoms with Gasteiger partial charge in [-0.2, -0.15) is 0 Å². The van der Waals surface area contributed by atoms with Crippen LogP contribution in [0.3, 0.4) is 0 Å². The highest BCUT2D eigenvalue weighted by atomic mass is 32.2. The van der Waals surface area contributed by atoms with Crippen molar-refractivity contribution in [1.29, 1.82) is 0 Å². The summed E-state index contributed by atoms with van der Waals surface area (Å²) in [5.41, 5.74) is 1.21. The Morgan fingerprint density at radius 3 is 2.72 bits per heavy atom. The molecule has 5 rings (SSSR count). The van der Waals surface area contributed by atoms with Crippen LogP contribution in [0.1, 0.15) is 41.0 Å². The van der Waals surface area contributed by atoms with E-state index < -0.39 is 9.84 Å². The van der Waals surface area contributed by atoms with Crippen LogP contribution >= 0.6 is 0 Å². The summed E-state index contributed by atoms with van der Waals surface area (Å²) in [4.78, 5) is 25.2. The number of hydrogen-bond acceptors (Lipinski definition) is 6. The molecule has 3 aromatic heterocycles. The number of carbonyl (C=O) groups is 1. The predicted octanol–water partition coefficient (Wildman–Crippen LogP) is 2.42. The molecule has 1 aliphatic heterocycles. The van der Waals surface area contributed by atoms with Gasteiger partial charge in [-0.3, -0.25) is 9.20 Å². The van der Waals surface area contributed by atoms with Crippen LogP contribution in [0.2, 0.25) is 0 Å². The van der Waals surface area contributed by atoms with Gasteiger partial charge < -0.3 is 9.88 Å². The van der Waals surface area contributed by atoms with Crippen molar-refractivity contribution in [2.24, 2.45) is 0 Å². The zero-order chi connectivity index (χ0) is 22.1. The molecular formula is C22H22N6O3S. The van der Waals surface area contributed by atoms with E-state index in [2.05, 4.69) is 20.3 Å². The van der Waals surface area contributed by atoms with E-state index in [1.165, 1.54) is 12.4 Å². The SMILES string of the molecule is O=C(NCc1ccc(S(=O)(=O)c2cnc3n2CCCCC3)cc1)c1cnc2nccn2c1. The molecule has 0 unspecified atom stereocenters. The third-order valence-corrected chi connectivity index (χ3v) is 7.42. The van der Waals surface area contributed by atoms with Gasteiger partial charge in [0.1, 0.15) is 5.82 Å². The summed E-state index contributed by atoms with van der Waals surface area (Å²) in [6, 6.07) is 6.58. The minimum absolute atomic E-state index is 0.217. The first-order valence-corrected chi connectivity index (χ1v) is 12.0. The summed E-state index contributed by atoms with van der Waals surface area (Å²) in [7, 11) is -3.66. The van der Waals surface area contributed by atoms with E-state index in [-0.39, 0.29) is 22.4 Å². The van der Waals surface area contributed by atoms with E-state index in [0.717, 1.165) is 37.1 Å². The van der Waals surface area contributed by atoms with E-state index in [1.807, 2.05) is 4.57 Å². The number of amides is 1. The quantitative estimate of drug-likeness (QED) is 0.500. The van der Waals surface area contributed by atoms with Crippen molar-refractivity contribution in [3.8, 4) is 0 Å².